The lowest BCUT2D eigenvalue weighted by Gasteiger charge is -2.31. The molecule has 1 heterocycles. The van der Waals surface area contributed by atoms with Crippen molar-refractivity contribution in [1.29, 1.82) is 0 Å². The molecule has 3 nitrogen and oxygen atoms in total. The van der Waals surface area contributed by atoms with E-state index in [1.807, 2.05) is 18.2 Å². The monoisotopic (exact) mass is 324 g/mol. The van der Waals surface area contributed by atoms with E-state index in [1.54, 1.807) is 12.1 Å². The van der Waals surface area contributed by atoms with Crippen LogP contribution in [0.15, 0.2) is 53.5 Å². The predicted octanol–water partition coefficient (Wildman–Crippen LogP) is 3.29. The molecule has 4 heteroatoms. The van der Waals surface area contributed by atoms with Gasteiger partial charge in [0.2, 0.25) is 5.91 Å². The van der Waals surface area contributed by atoms with Gasteiger partial charge in [0.25, 0.3) is 0 Å². The molecule has 1 unspecified atom stereocenters. The molecule has 3 rings (SSSR count). The minimum atomic E-state index is -0.531. The van der Waals surface area contributed by atoms with Crippen molar-refractivity contribution in [2.24, 2.45) is 16.6 Å². The number of carbonyl (C=O) groups is 1. The van der Waals surface area contributed by atoms with E-state index in [9.17, 15) is 9.18 Å². The summed E-state index contributed by atoms with van der Waals surface area (Å²) >= 11 is 0. The minimum Gasteiger partial charge on any atom is -0.369 e. The zero-order valence-corrected chi connectivity index (χ0v) is 13.9. The van der Waals surface area contributed by atoms with Gasteiger partial charge in [0.1, 0.15) is 5.82 Å². The summed E-state index contributed by atoms with van der Waals surface area (Å²) in [4.78, 5) is 17.0. The zero-order valence-electron chi connectivity index (χ0n) is 13.9. The Labute approximate surface area is 141 Å². The van der Waals surface area contributed by atoms with Gasteiger partial charge in [-0.2, -0.15) is 0 Å². The van der Waals surface area contributed by atoms with E-state index in [4.69, 9.17) is 10.7 Å². The van der Waals surface area contributed by atoms with Crippen LogP contribution in [0.2, 0.25) is 0 Å². The van der Waals surface area contributed by atoms with Crippen molar-refractivity contribution in [3.63, 3.8) is 0 Å². The van der Waals surface area contributed by atoms with E-state index >= 15 is 0 Å². The third-order valence-corrected chi connectivity index (χ3v) is 4.37. The van der Waals surface area contributed by atoms with Gasteiger partial charge in [-0.15, -0.1) is 0 Å². The fourth-order valence-corrected chi connectivity index (χ4v) is 3.27. The Morgan fingerprint density at radius 3 is 2.54 bits per heavy atom. The van der Waals surface area contributed by atoms with Crippen LogP contribution in [-0.2, 0) is 17.6 Å². The molecule has 124 valence electrons. The Bertz CT molecular complexity index is 794. The lowest BCUT2D eigenvalue weighted by atomic mass is 9.81. The molecule has 2 aromatic rings. The maximum Gasteiger partial charge on any atom is 0.226 e. The molecule has 2 aromatic carbocycles. The Morgan fingerprint density at radius 1 is 1.21 bits per heavy atom. The van der Waals surface area contributed by atoms with Gasteiger partial charge in [0.15, 0.2) is 0 Å². The van der Waals surface area contributed by atoms with Crippen LogP contribution in [0.25, 0.3) is 0 Å². The minimum absolute atomic E-state index is 0.278. The lowest BCUT2D eigenvalue weighted by Crippen LogP contribution is -2.38. The topological polar surface area (TPSA) is 55.5 Å². The van der Waals surface area contributed by atoms with E-state index < -0.39 is 11.8 Å². The highest BCUT2D eigenvalue weighted by Crippen LogP contribution is 2.30. The zero-order chi connectivity index (χ0) is 17.3. The van der Waals surface area contributed by atoms with E-state index in [-0.39, 0.29) is 11.4 Å². The van der Waals surface area contributed by atoms with Crippen molar-refractivity contribution in [2.75, 3.05) is 0 Å². The highest BCUT2D eigenvalue weighted by molar-refractivity contribution is 6.14. The largest absolute Gasteiger partial charge is 0.369 e. The lowest BCUT2D eigenvalue weighted by molar-refractivity contribution is -0.119. The maximum atomic E-state index is 13.1. The highest BCUT2D eigenvalue weighted by atomic mass is 19.1. The average Bonchev–Trinajstić information content (AvgIpc) is 2.52. The van der Waals surface area contributed by atoms with Crippen LogP contribution in [0, 0.1) is 11.7 Å². The second-order valence-electron chi connectivity index (χ2n) is 6.93. The SMILES string of the molecule is CC1(C)Cc2ccccc2C(C(Cc2ccc(F)cc2)C(N)=O)=N1. The van der Waals surface area contributed by atoms with Gasteiger partial charge in [-0.3, -0.25) is 9.79 Å². The molecule has 1 aliphatic heterocycles. The van der Waals surface area contributed by atoms with Crippen LogP contribution in [0.5, 0.6) is 0 Å². The number of benzene rings is 2. The molecule has 0 fully saturated rings. The molecule has 1 aliphatic rings. The van der Waals surface area contributed by atoms with E-state index in [1.165, 1.54) is 17.7 Å². The summed E-state index contributed by atoms with van der Waals surface area (Å²) in [5, 5.41) is 0. The number of primary amides is 1. The molecule has 0 bridgehead atoms. The number of hydrogen-bond donors (Lipinski definition) is 1. The van der Waals surface area contributed by atoms with E-state index in [2.05, 4.69) is 19.9 Å². The summed E-state index contributed by atoms with van der Waals surface area (Å²) < 4.78 is 13.1. The van der Waals surface area contributed by atoms with Crippen LogP contribution in [0.1, 0.15) is 30.5 Å². The predicted molar refractivity (Wildman–Crippen MR) is 93.6 cm³/mol. The Hall–Kier alpha value is -2.49. The van der Waals surface area contributed by atoms with Crippen LogP contribution >= 0.6 is 0 Å². The first-order chi connectivity index (χ1) is 11.4. The quantitative estimate of drug-likeness (QED) is 0.922. The molecule has 0 radical (unpaired) electrons. The van der Waals surface area contributed by atoms with Gasteiger partial charge in [-0.1, -0.05) is 36.4 Å². The van der Waals surface area contributed by atoms with Crippen LogP contribution in [-0.4, -0.2) is 17.2 Å². The molecule has 24 heavy (non-hydrogen) atoms. The van der Waals surface area contributed by atoms with Gasteiger partial charge in [0, 0.05) is 0 Å². The van der Waals surface area contributed by atoms with Crippen LogP contribution in [0.3, 0.4) is 0 Å². The summed E-state index contributed by atoms with van der Waals surface area (Å²) in [5.74, 6) is -1.24. The van der Waals surface area contributed by atoms with Crippen molar-refractivity contribution in [3.05, 3.63) is 71.0 Å². The standard InChI is InChI=1S/C20H21FN2O/c1-20(2)12-14-5-3-4-6-16(14)18(23-20)17(19(22)24)11-13-7-9-15(21)10-8-13/h3-10,17H,11-12H2,1-2H3,(H2,22,24). The first-order valence-corrected chi connectivity index (χ1v) is 8.07. The first-order valence-electron chi connectivity index (χ1n) is 8.07. The molecular weight excluding hydrogens is 303 g/mol. The molecule has 1 amide bonds. The number of carbonyl (C=O) groups excluding carboxylic acids is 1. The second-order valence-corrected chi connectivity index (χ2v) is 6.93. The Kier molecular flexibility index (Phi) is 4.22. The van der Waals surface area contributed by atoms with Crippen molar-refractivity contribution >= 4 is 11.6 Å². The van der Waals surface area contributed by atoms with Crippen molar-refractivity contribution in [1.82, 2.24) is 0 Å². The number of hydrogen-bond acceptors (Lipinski definition) is 2. The summed E-state index contributed by atoms with van der Waals surface area (Å²) in [6.45, 7) is 4.11. The summed E-state index contributed by atoms with van der Waals surface area (Å²) in [7, 11) is 0. The number of amides is 1. The van der Waals surface area contributed by atoms with Gasteiger partial charge in [-0.05, 0) is 55.5 Å². The smallest absolute Gasteiger partial charge is 0.226 e. The normalized spacial score (nSPS) is 16.9. The molecule has 0 saturated heterocycles. The number of fused-ring (bicyclic) bond motifs is 1. The van der Waals surface area contributed by atoms with E-state index in [0.717, 1.165) is 23.3 Å². The van der Waals surface area contributed by atoms with Gasteiger partial charge in [-0.25, -0.2) is 4.39 Å². The number of nitrogens with two attached hydrogens (primary N) is 1. The maximum absolute atomic E-state index is 13.1. The fourth-order valence-electron chi connectivity index (χ4n) is 3.27. The van der Waals surface area contributed by atoms with Gasteiger partial charge < -0.3 is 5.73 Å². The molecule has 2 N–H and O–H groups in total. The Balaban J connectivity index is 2.02. The first kappa shape index (κ1) is 16.4. The number of nitrogens with zero attached hydrogens (tertiary/aromatic N) is 1. The highest BCUT2D eigenvalue weighted by Gasteiger charge is 2.32. The van der Waals surface area contributed by atoms with Gasteiger partial charge in [0.05, 0.1) is 17.2 Å². The molecule has 0 saturated carbocycles. The summed E-state index contributed by atoms with van der Waals surface area (Å²) in [5.41, 5.74) is 9.19. The Morgan fingerprint density at radius 2 is 1.88 bits per heavy atom. The van der Waals surface area contributed by atoms with Crippen LogP contribution in [0.4, 0.5) is 4.39 Å². The molecule has 0 aliphatic carbocycles. The molecule has 0 spiro atoms. The fraction of sp³-hybridized carbons (Fsp3) is 0.300. The second kappa shape index (κ2) is 6.19. The summed E-state index contributed by atoms with van der Waals surface area (Å²) in [6, 6.07) is 14.2. The number of halogens is 1. The number of rotatable bonds is 4. The van der Waals surface area contributed by atoms with E-state index in [0.29, 0.717) is 6.42 Å². The van der Waals surface area contributed by atoms with Crippen molar-refractivity contribution < 1.29 is 9.18 Å². The average molecular weight is 324 g/mol. The molecule has 0 aromatic heterocycles. The summed E-state index contributed by atoms with van der Waals surface area (Å²) in [6.07, 6.45) is 1.24. The third kappa shape index (κ3) is 3.37. The van der Waals surface area contributed by atoms with Gasteiger partial charge >= 0.3 is 0 Å². The van der Waals surface area contributed by atoms with Crippen molar-refractivity contribution in [2.45, 2.75) is 32.2 Å². The molecular formula is C20H21FN2O. The molecule has 1 atom stereocenters. The third-order valence-electron chi connectivity index (χ3n) is 4.37. The van der Waals surface area contributed by atoms with Crippen molar-refractivity contribution in [3.8, 4) is 0 Å². The van der Waals surface area contributed by atoms with Crippen LogP contribution < -0.4 is 5.73 Å². The number of aliphatic imine (C=N–C) groups is 1.